The maximum atomic E-state index is 12.7. The Balaban J connectivity index is 5.10. The lowest BCUT2D eigenvalue weighted by Crippen LogP contribution is -2.57. The van der Waals surface area contributed by atoms with Gasteiger partial charge in [0.25, 0.3) is 0 Å². The third-order valence-electron chi connectivity index (χ3n) is 4.94. The summed E-state index contributed by atoms with van der Waals surface area (Å²) in [4.78, 5) is 48.4. The molecule has 3 amide bonds. The molecule has 0 aliphatic heterocycles. The fourth-order valence-electron chi connectivity index (χ4n) is 2.59. The first kappa shape index (κ1) is 27.8. The van der Waals surface area contributed by atoms with Crippen LogP contribution in [0.1, 0.15) is 53.4 Å². The first-order valence-corrected chi connectivity index (χ1v) is 10.2. The molecule has 0 saturated carbocycles. The number of aliphatic hydroxyl groups is 1. The number of nitrogens with two attached hydrogens (primary N) is 2. The summed E-state index contributed by atoms with van der Waals surface area (Å²) in [5.41, 5.74) is 11.4. The van der Waals surface area contributed by atoms with Crippen molar-refractivity contribution in [3.63, 3.8) is 0 Å². The Kier molecular flexibility index (Phi) is 12.8. The number of aliphatic hydroxyl groups excluding tert-OH is 1. The highest BCUT2D eigenvalue weighted by molar-refractivity contribution is 5.94. The van der Waals surface area contributed by atoms with E-state index in [0.29, 0.717) is 32.2 Å². The van der Waals surface area contributed by atoms with Gasteiger partial charge in [-0.1, -0.05) is 20.3 Å². The van der Waals surface area contributed by atoms with E-state index >= 15 is 0 Å². The fraction of sp³-hybridized carbons (Fsp3) is 0.789. The normalized spacial score (nSPS) is 17.0. The van der Waals surface area contributed by atoms with Crippen LogP contribution in [0.3, 0.4) is 0 Å². The molecule has 0 aliphatic carbocycles. The molecule has 11 heteroatoms. The van der Waals surface area contributed by atoms with Crippen LogP contribution in [0.25, 0.3) is 0 Å². The molecule has 0 aromatic carbocycles. The van der Waals surface area contributed by atoms with E-state index in [1.54, 1.807) is 0 Å². The zero-order chi connectivity index (χ0) is 23.4. The zero-order valence-corrected chi connectivity index (χ0v) is 18.2. The van der Waals surface area contributed by atoms with E-state index in [-0.39, 0.29) is 5.92 Å². The van der Waals surface area contributed by atoms with E-state index in [0.717, 1.165) is 0 Å². The van der Waals surface area contributed by atoms with Crippen molar-refractivity contribution in [3.05, 3.63) is 0 Å². The monoisotopic (exact) mass is 431 g/mol. The molecule has 0 fully saturated rings. The topological polar surface area (TPSA) is 197 Å². The van der Waals surface area contributed by atoms with Gasteiger partial charge in [-0.15, -0.1) is 0 Å². The molecule has 174 valence electrons. The SMILES string of the molecule is CCC(C)C(N)C(=O)NC(CCCCN)C(=O)NC(C)C(=O)NC(C(=O)O)C(C)O. The average molecular weight is 432 g/mol. The quantitative estimate of drug-likeness (QED) is 0.160. The molecule has 0 rings (SSSR count). The minimum absolute atomic E-state index is 0.0733. The second kappa shape index (κ2) is 13.9. The molecule has 6 unspecified atom stereocenters. The van der Waals surface area contributed by atoms with Crippen molar-refractivity contribution in [2.75, 3.05) is 6.54 Å². The summed E-state index contributed by atoms with van der Waals surface area (Å²) in [6.07, 6.45) is 0.921. The van der Waals surface area contributed by atoms with Crippen LogP contribution in [-0.4, -0.2) is 70.7 Å². The molecule has 0 aliphatic rings. The molecule has 0 aromatic rings. The Morgan fingerprint density at radius 1 is 0.933 bits per heavy atom. The van der Waals surface area contributed by atoms with Crippen molar-refractivity contribution in [1.29, 1.82) is 0 Å². The van der Waals surface area contributed by atoms with Crippen LogP contribution in [0, 0.1) is 5.92 Å². The predicted molar refractivity (Wildman–Crippen MR) is 111 cm³/mol. The molecule has 11 nitrogen and oxygen atoms in total. The van der Waals surface area contributed by atoms with Crippen molar-refractivity contribution >= 4 is 23.7 Å². The Hall–Kier alpha value is -2.24. The van der Waals surface area contributed by atoms with E-state index in [1.807, 2.05) is 13.8 Å². The van der Waals surface area contributed by atoms with Gasteiger partial charge in [-0.3, -0.25) is 14.4 Å². The lowest BCUT2D eigenvalue weighted by atomic mass is 9.98. The fourth-order valence-corrected chi connectivity index (χ4v) is 2.59. The van der Waals surface area contributed by atoms with Crippen molar-refractivity contribution in [1.82, 2.24) is 16.0 Å². The molecule has 0 bridgehead atoms. The van der Waals surface area contributed by atoms with Crippen molar-refractivity contribution in [2.24, 2.45) is 17.4 Å². The van der Waals surface area contributed by atoms with Crippen molar-refractivity contribution in [3.8, 4) is 0 Å². The van der Waals surface area contributed by atoms with Gasteiger partial charge in [0, 0.05) is 0 Å². The Morgan fingerprint density at radius 3 is 2.00 bits per heavy atom. The van der Waals surface area contributed by atoms with Crippen LogP contribution in [-0.2, 0) is 19.2 Å². The number of carbonyl (C=O) groups excluding carboxylic acids is 3. The minimum Gasteiger partial charge on any atom is -0.480 e. The zero-order valence-electron chi connectivity index (χ0n) is 18.2. The van der Waals surface area contributed by atoms with Gasteiger partial charge in [-0.25, -0.2) is 4.79 Å². The number of aliphatic carboxylic acids is 1. The van der Waals surface area contributed by atoms with Gasteiger partial charge in [0.1, 0.15) is 12.1 Å². The largest absolute Gasteiger partial charge is 0.480 e. The maximum absolute atomic E-state index is 12.7. The molecule has 0 spiro atoms. The van der Waals surface area contributed by atoms with Gasteiger partial charge in [0.15, 0.2) is 6.04 Å². The molecule has 0 aromatic heterocycles. The maximum Gasteiger partial charge on any atom is 0.328 e. The van der Waals surface area contributed by atoms with Crippen LogP contribution in [0.15, 0.2) is 0 Å². The molecule has 9 N–H and O–H groups in total. The van der Waals surface area contributed by atoms with E-state index in [9.17, 15) is 24.3 Å². The third kappa shape index (κ3) is 9.51. The first-order valence-electron chi connectivity index (χ1n) is 10.2. The first-order chi connectivity index (χ1) is 14.0. The molecule has 0 radical (unpaired) electrons. The second-order valence-electron chi connectivity index (χ2n) is 7.55. The van der Waals surface area contributed by atoms with Gasteiger partial charge in [0.05, 0.1) is 12.1 Å². The Morgan fingerprint density at radius 2 is 1.53 bits per heavy atom. The molecular weight excluding hydrogens is 394 g/mol. The lowest BCUT2D eigenvalue weighted by Gasteiger charge is -2.25. The standard InChI is InChI=1S/C19H37N5O6/c1-5-10(2)14(21)18(28)23-13(8-6-7-9-20)17(27)22-11(3)16(26)24-15(12(4)25)19(29)30/h10-15,25H,5-9,20-21H2,1-4H3,(H,22,27)(H,23,28)(H,24,26)(H,29,30). The van der Waals surface area contributed by atoms with Crippen molar-refractivity contribution in [2.45, 2.75) is 83.6 Å². The number of nitrogens with one attached hydrogen (secondary N) is 3. The summed E-state index contributed by atoms with van der Waals surface area (Å²) >= 11 is 0. The number of hydrogen-bond donors (Lipinski definition) is 7. The van der Waals surface area contributed by atoms with Crippen LogP contribution in [0.4, 0.5) is 0 Å². The number of amides is 3. The van der Waals surface area contributed by atoms with E-state index in [2.05, 4.69) is 16.0 Å². The number of hydrogen-bond acceptors (Lipinski definition) is 7. The highest BCUT2D eigenvalue weighted by atomic mass is 16.4. The molecule has 0 saturated heterocycles. The predicted octanol–water partition coefficient (Wildman–Crippen LogP) is -1.57. The number of rotatable bonds is 14. The van der Waals surface area contributed by atoms with Gasteiger partial charge in [-0.05, 0) is 45.6 Å². The summed E-state index contributed by atoms with van der Waals surface area (Å²) in [6, 6.07) is -4.29. The molecular formula is C19H37N5O6. The van der Waals surface area contributed by atoms with Crippen molar-refractivity contribution < 1.29 is 29.4 Å². The van der Waals surface area contributed by atoms with Crippen LogP contribution < -0.4 is 27.4 Å². The van der Waals surface area contributed by atoms with Crippen LogP contribution in [0.2, 0.25) is 0 Å². The highest BCUT2D eigenvalue weighted by Crippen LogP contribution is 2.08. The number of carboxylic acid groups (broad SMARTS) is 1. The summed E-state index contributed by atoms with van der Waals surface area (Å²) in [6.45, 7) is 6.77. The van der Waals surface area contributed by atoms with Gasteiger partial charge >= 0.3 is 5.97 Å². The van der Waals surface area contributed by atoms with E-state index < -0.39 is 54.0 Å². The Bertz CT molecular complexity index is 586. The smallest absolute Gasteiger partial charge is 0.328 e. The third-order valence-corrected chi connectivity index (χ3v) is 4.94. The minimum atomic E-state index is -1.51. The summed E-state index contributed by atoms with van der Waals surface area (Å²) < 4.78 is 0. The summed E-state index contributed by atoms with van der Waals surface area (Å²) in [5.74, 6) is -3.31. The van der Waals surface area contributed by atoms with Gasteiger partial charge in [0.2, 0.25) is 17.7 Å². The molecule has 30 heavy (non-hydrogen) atoms. The van der Waals surface area contributed by atoms with Crippen LogP contribution >= 0.6 is 0 Å². The molecule has 6 atom stereocenters. The second-order valence-corrected chi connectivity index (χ2v) is 7.55. The highest BCUT2D eigenvalue weighted by Gasteiger charge is 2.30. The number of unbranched alkanes of at least 4 members (excludes halogenated alkanes) is 1. The van der Waals surface area contributed by atoms with Crippen LogP contribution in [0.5, 0.6) is 0 Å². The summed E-state index contributed by atoms with van der Waals surface area (Å²) in [7, 11) is 0. The number of carbonyl (C=O) groups is 4. The van der Waals surface area contributed by atoms with E-state index in [1.165, 1.54) is 13.8 Å². The average Bonchev–Trinajstić information content (AvgIpc) is 2.68. The lowest BCUT2D eigenvalue weighted by molar-refractivity contribution is -0.145. The molecule has 0 heterocycles. The van der Waals surface area contributed by atoms with E-state index in [4.69, 9.17) is 16.6 Å². The Labute approximate surface area is 177 Å². The van der Waals surface area contributed by atoms with Gasteiger partial charge < -0.3 is 37.6 Å². The number of carboxylic acids is 1. The summed E-state index contributed by atoms with van der Waals surface area (Å²) in [5, 5.41) is 25.8. The van der Waals surface area contributed by atoms with Gasteiger partial charge in [-0.2, -0.15) is 0 Å².